The first-order valence-electron chi connectivity index (χ1n) is 8.22. The van der Waals surface area contributed by atoms with Gasteiger partial charge in [0.25, 0.3) is 6.43 Å². The van der Waals surface area contributed by atoms with Gasteiger partial charge in [-0.2, -0.15) is 18.3 Å². The molecule has 2 heterocycles. The molecule has 2 atom stereocenters. The van der Waals surface area contributed by atoms with Gasteiger partial charge in [-0.05, 0) is 12.8 Å². The molecule has 0 bridgehead atoms. The number of hydrogen-bond acceptors (Lipinski definition) is 6. The zero-order valence-electron chi connectivity index (χ0n) is 15.1. The van der Waals surface area contributed by atoms with Crippen molar-refractivity contribution < 1.29 is 26.7 Å². The fourth-order valence-corrected chi connectivity index (χ4v) is 3.67. The molecule has 0 saturated carbocycles. The molecule has 0 spiro atoms. The van der Waals surface area contributed by atoms with Crippen LogP contribution in [-0.4, -0.2) is 45.5 Å². The van der Waals surface area contributed by atoms with Crippen LogP contribution in [0.3, 0.4) is 0 Å². The molecule has 154 valence electrons. The third-order valence-corrected chi connectivity index (χ3v) is 4.78. The van der Waals surface area contributed by atoms with E-state index in [1.54, 1.807) is 6.92 Å². The van der Waals surface area contributed by atoms with E-state index in [4.69, 9.17) is 10.5 Å². The van der Waals surface area contributed by atoms with E-state index in [1.165, 1.54) is 23.4 Å². The molecule has 2 aromatic heterocycles. The second-order valence-corrected chi connectivity index (χ2v) is 7.50. The zero-order valence-corrected chi connectivity index (χ0v) is 15.9. The summed E-state index contributed by atoms with van der Waals surface area (Å²) in [5.41, 5.74) is 5.56. The number of rotatable bonds is 9. The van der Waals surface area contributed by atoms with Crippen molar-refractivity contribution in [2.24, 2.45) is 11.7 Å². The highest BCUT2D eigenvalue weighted by molar-refractivity contribution is 7.16. The number of fused-ring (bicyclic) bond motifs is 1. The molecule has 2 N–H and O–H groups in total. The van der Waals surface area contributed by atoms with E-state index in [0.717, 1.165) is 11.3 Å². The van der Waals surface area contributed by atoms with E-state index in [2.05, 4.69) is 10.1 Å². The van der Waals surface area contributed by atoms with Gasteiger partial charge in [0.1, 0.15) is 10.7 Å². The second kappa shape index (κ2) is 8.76. The molecule has 0 fully saturated rings. The van der Waals surface area contributed by atoms with Crippen molar-refractivity contribution in [1.29, 1.82) is 0 Å². The fourth-order valence-electron chi connectivity index (χ4n) is 2.78. The highest BCUT2D eigenvalue weighted by atomic mass is 32.1. The molecular weight excluding hydrogens is 393 g/mol. The smallest absolute Gasteiger partial charge is 0.377 e. The van der Waals surface area contributed by atoms with Gasteiger partial charge in [0.15, 0.2) is 0 Å². The maximum atomic E-state index is 13.4. The average Bonchev–Trinajstić information content (AvgIpc) is 3.03. The predicted molar refractivity (Wildman–Crippen MR) is 90.4 cm³/mol. The lowest BCUT2D eigenvalue weighted by Gasteiger charge is -2.29. The minimum Gasteiger partial charge on any atom is -0.377 e. The first-order valence-corrected chi connectivity index (χ1v) is 9.04. The van der Waals surface area contributed by atoms with Crippen molar-refractivity contribution in [2.45, 2.75) is 52.2 Å². The minimum absolute atomic E-state index is 0.00214. The molecule has 6 nitrogen and oxygen atoms in total. The average molecular weight is 415 g/mol. The lowest BCUT2D eigenvalue weighted by atomic mass is 10.1. The standard InChI is InChI=1S/C15H22F5N5OS/c1-8(4-15(18,19)20)5-24(9(2)21)6-10-12(13(16)17)22-14-25(10)23-11(27-14)7-26-3/h8-9,13H,4-7,21H2,1-3H3. The highest BCUT2D eigenvalue weighted by Crippen LogP contribution is 2.29. The molecule has 2 rings (SSSR count). The zero-order chi connectivity index (χ0) is 20.4. The van der Waals surface area contributed by atoms with Gasteiger partial charge >= 0.3 is 6.18 Å². The van der Waals surface area contributed by atoms with E-state index >= 15 is 0 Å². The van der Waals surface area contributed by atoms with Gasteiger partial charge in [0, 0.05) is 26.6 Å². The van der Waals surface area contributed by atoms with Crippen LogP contribution in [-0.2, 0) is 17.9 Å². The van der Waals surface area contributed by atoms with Crippen LogP contribution in [0.15, 0.2) is 0 Å². The van der Waals surface area contributed by atoms with Crippen LogP contribution in [0.4, 0.5) is 22.0 Å². The van der Waals surface area contributed by atoms with Crippen molar-refractivity contribution in [3.05, 3.63) is 16.4 Å². The molecule has 27 heavy (non-hydrogen) atoms. The van der Waals surface area contributed by atoms with E-state index in [-0.39, 0.29) is 30.4 Å². The van der Waals surface area contributed by atoms with Gasteiger partial charge in [-0.1, -0.05) is 18.3 Å². The molecular formula is C15H22F5N5OS. The molecule has 0 aliphatic rings. The minimum atomic E-state index is -4.30. The summed E-state index contributed by atoms with van der Waals surface area (Å²) < 4.78 is 70.9. The van der Waals surface area contributed by atoms with Gasteiger partial charge in [0.05, 0.1) is 18.5 Å². The van der Waals surface area contributed by atoms with E-state index in [9.17, 15) is 22.0 Å². The van der Waals surface area contributed by atoms with Gasteiger partial charge in [-0.15, -0.1) is 0 Å². The molecule has 0 aliphatic heterocycles. The molecule has 2 unspecified atom stereocenters. The van der Waals surface area contributed by atoms with Crippen molar-refractivity contribution in [1.82, 2.24) is 19.5 Å². The van der Waals surface area contributed by atoms with Crippen LogP contribution in [0.1, 0.15) is 43.1 Å². The summed E-state index contributed by atoms with van der Waals surface area (Å²) in [6.45, 7) is 3.16. The number of halogens is 5. The second-order valence-electron chi connectivity index (χ2n) is 6.46. The van der Waals surface area contributed by atoms with Gasteiger partial charge in [-0.3, -0.25) is 4.90 Å². The van der Waals surface area contributed by atoms with Crippen molar-refractivity contribution in [2.75, 3.05) is 13.7 Å². The van der Waals surface area contributed by atoms with Crippen molar-refractivity contribution >= 4 is 16.3 Å². The summed E-state index contributed by atoms with van der Waals surface area (Å²) in [5, 5.41) is 4.78. The molecule has 0 aromatic carbocycles. The molecule has 0 saturated heterocycles. The first-order chi connectivity index (χ1) is 12.5. The maximum absolute atomic E-state index is 13.4. The summed E-state index contributed by atoms with van der Waals surface area (Å²) >= 11 is 1.12. The fraction of sp³-hybridized carbons (Fsp3) is 0.733. The number of imidazole rings is 1. The van der Waals surface area contributed by atoms with Gasteiger partial charge in [-0.25, -0.2) is 18.3 Å². The van der Waals surface area contributed by atoms with E-state index < -0.39 is 36.8 Å². The van der Waals surface area contributed by atoms with Crippen molar-refractivity contribution in [3.63, 3.8) is 0 Å². The first kappa shape index (κ1) is 21.9. The van der Waals surface area contributed by atoms with Gasteiger partial charge in [0.2, 0.25) is 4.96 Å². The van der Waals surface area contributed by atoms with Crippen LogP contribution >= 0.6 is 11.3 Å². The molecule has 0 radical (unpaired) electrons. The quantitative estimate of drug-likeness (QED) is 0.501. The molecule has 0 amide bonds. The Morgan fingerprint density at radius 1 is 1.30 bits per heavy atom. The summed E-state index contributed by atoms with van der Waals surface area (Å²) in [5.74, 6) is -0.742. The molecule has 0 aliphatic carbocycles. The lowest BCUT2D eigenvalue weighted by Crippen LogP contribution is -2.42. The third-order valence-electron chi connectivity index (χ3n) is 3.90. The number of nitrogens with two attached hydrogens (primary N) is 1. The Bertz CT molecular complexity index is 745. The number of nitrogens with zero attached hydrogens (tertiary/aromatic N) is 4. The van der Waals surface area contributed by atoms with Crippen LogP contribution in [0.2, 0.25) is 0 Å². The van der Waals surface area contributed by atoms with E-state index in [0.29, 0.717) is 5.01 Å². The predicted octanol–water partition coefficient (Wildman–Crippen LogP) is 3.57. The SMILES string of the molecule is COCc1nn2c(CN(CC(C)CC(F)(F)F)C(C)N)c(C(F)F)nc2s1. The van der Waals surface area contributed by atoms with E-state index in [1.807, 2.05) is 0 Å². The Hall–Kier alpha value is -1.37. The Balaban J connectivity index is 2.29. The Labute approximate surface area is 157 Å². The Morgan fingerprint density at radius 3 is 2.48 bits per heavy atom. The monoisotopic (exact) mass is 415 g/mol. The van der Waals surface area contributed by atoms with Crippen LogP contribution < -0.4 is 5.73 Å². The number of alkyl halides is 5. The summed E-state index contributed by atoms with van der Waals surface area (Å²) in [6, 6.07) is 0. The van der Waals surface area contributed by atoms with Crippen molar-refractivity contribution in [3.8, 4) is 0 Å². The van der Waals surface area contributed by atoms with Crippen LogP contribution in [0.25, 0.3) is 4.96 Å². The normalized spacial score (nSPS) is 15.2. The van der Waals surface area contributed by atoms with Gasteiger partial charge < -0.3 is 10.5 Å². The number of aromatic nitrogens is 3. The molecule has 2 aromatic rings. The number of ether oxygens (including phenoxy) is 1. The topological polar surface area (TPSA) is 68.7 Å². The number of methoxy groups -OCH3 is 1. The van der Waals surface area contributed by atoms with Crippen LogP contribution in [0, 0.1) is 5.92 Å². The summed E-state index contributed by atoms with van der Waals surface area (Å²) in [7, 11) is 1.48. The summed E-state index contributed by atoms with van der Waals surface area (Å²) in [4.78, 5) is 5.73. The largest absolute Gasteiger partial charge is 0.389 e. The third kappa shape index (κ3) is 5.80. The lowest BCUT2D eigenvalue weighted by molar-refractivity contribution is -0.145. The highest BCUT2D eigenvalue weighted by Gasteiger charge is 2.32. The Morgan fingerprint density at radius 2 is 1.96 bits per heavy atom. The molecule has 12 heteroatoms. The Kier molecular flexibility index (Phi) is 7.11. The maximum Gasteiger partial charge on any atom is 0.389 e. The summed E-state index contributed by atoms with van der Waals surface area (Å²) in [6.07, 6.45) is -8.74. The van der Waals surface area contributed by atoms with Crippen LogP contribution in [0.5, 0.6) is 0 Å². The number of hydrogen-bond donors (Lipinski definition) is 1.